The Morgan fingerprint density at radius 1 is 1.20 bits per heavy atom. The molecule has 0 amide bonds. The molecule has 86 valence electrons. The van der Waals surface area contributed by atoms with E-state index in [0.29, 0.717) is 5.92 Å². The maximum absolute atomic E-state index is 3.91. The van der Waals surface area contributed by atoms with Gasteiger partial charge >= 0.3 is 0 Å². The van der Waals surface area contributed by atoms with E-state index in [-0.39, 0.29) is 5.41 Å². The average molecular weight is 206 g/mol. The van der Waals surface area contributed by atoms with Crippen LogP contribution in [0.15, 0.2) is 36.5 Å². The maximum Gasteiger partial charge on any atom is -0.0101 e. The molecule has 0 saturated carbocycles. The number of hydrogen-bond acceptors (Lipinski definition) is 0. The summed E-state index contributed by atoms with van der Waals surface area (Å²) in [6.45, 7) is 18.7. The first-order valence-corrected chi connectivity index (χ1v) is 6.02. The molecule has 0 heteroatoms. The van der Waals surface area contributed by atoms with Gasteiger partial charge in [-0.05, 0) is 35.3 Å². The lowest BCUT2D eigenvalue weighted by Crippen LogP contribution is -2.23. The second-order valence-electron chi connectivity index (χ2n) is 4.60. The minimum atomic E-state index is 0.289. The lowest BCUT2D eigenvalue weighted by molar-refractivity contribution is 0.343. The fourth-order valence-corrected chi connectivity index (χ4v) is 2.23. The Morgan fingerprint density at radius 2 is 1.73 bits per heavy atom. The van der Waals surface area contributed by atoms with Crippen molar-refractivity contribution in [2.75, 3.05) is 0 Å². The normalized spacial score (nSPS) is 23.9. The standard InChI is InChI=1S/C13H20.C2H6/c1-6-11-10(3)8-9-13(4,5)12(11)7-2;1-2/h6-7,10H,1-2,8-9H2,3-5H3;1-2H3. The highest BCUT2D eigenvalue weighted by atomic mass is 14.3. The summed E-state index contributed by atoms with van der Waals surface area (Å²) in [5.41, 5.74) is 3.07. The Morgan fingerprint density at radius 3 is 2.07 bits per heavy atom. The first kappa shape index (κ1) is 14.2. The molecule has 0 aromatic heterocycles. The van der Waals surface area contributed by atoms with Crippen molar-refractivity contribution in [3.05, 3.63) is 36.5 Å². The van der Waals surface area contributed by atoms with E-state index >= 15 is 0 Å². The molecule has 0 aromatic carbocycles. The summed E-state index contributed by atoms with van der Waals surface area (Å²) in [6, 6.07) is 0. The highest BCUT2D eigenvalue weighted by molar-refractivity contribution is 5.39. The second-order valence-corrected chi connectivity index (χ2v) is 4.60. The highest BCUT2D eigenvalue weighted by Gasteiger charge is 2.30. The lowest BCUT2D eigenvalue weighted by Gasteiger charge is -2.36. The van der Waals surface area contributed by atoms with Crippen LogP contribution in [0.1, 0.15) is 47.5 Å². The molecule has 15 heavy (non-hydrogen) atoms. The number of hydrogen-bond donors (Lipinski definition) is 0. The largest absolute Gasteiger partial charge is 0.0988 e. The van der Waals surface area contributed by atoms with E-state index in [0.717, 1.165) is 0 Å². The molecule has 0 fully saturated rings. The van der Waals surface area contributed by atoms with Gasteiger partial charge in [-0.3, -0.25) is 0 Å². The Labute approximate surface area is 95.8 Å². The second kappa shape index (κ2) is 5.95. The topological polar surface area (TPSA) is 0 Å². The van der Waals surface area contributed by atoms with E-state index in [4.69, 9.17) is 0 Å². The molecule has 1 rings (SSSR count). The van der Waals surface area contributed by atoms with Gasteiger partial charge in [-0.15, -0.1) is 0 Å². The van der Waals surface area contributed by atoms with Crippen LogP contribution in [0.5, 0.6) is 0 Å². The monoisotopic (exact) mass is 206 g/mol. The van der Waals surface area contributed by atoms with Crippen LogP contribution >= 0.6 is 0 Å². The molecule has 0 N–H and O–H groups in total. The van der Waals surface area contributed by atoms with E-state index in [9.17, 15) is 0 Å². The summed E-state index contributed by atoms with van der Waals surface area (Å²) in [4.78, 5) is 0. The van der Waals surface area contributed by atoms with E-state index in [1.165, 1.54) is 24.0 Å². The Hall–Kier alpha value is -0.780. The van der Waals surface area contributed by atoms with Gasteiger partial charge in [0.2, 0.25) is 0 Å². The summed E-state index contributed by atoms with van der Waals surface area (Å²) in [5, 5.41) is 0. The van der Waals surface area contributed by atoms with Crippen molar-refractivity contribution in [1.82, 2.24) is 0 Å². The van der Waals surface area contributed by atoms with Crippen LogP contribution in [0.25, 0.3) is 0 Å². The van der Waals surface area contributed by atoms with Crippen molar-refractivity contribution in [2.24, 2.45) is 11.3 Å². The fraction of sp³-hybridized carbons (Fsp3) is 0.600. The number of rotatable bonds is 2. The third-order valence-electron chi connectivity index (χ3n) is 3.20. The molecule has 1 unspecified atom stereocenters. The molecule has 1 aliphatic carbocycles. The van der Waals surface area contributed by atoms with E-state index < -0.39 is 0 Å². The van der Waals surface area contributed by atoms with Crippen LogP contribution in [-0.2, 0) is 0 Å². The van der Waals surface area contributed by atoms with Crippen LogP contribution in [0.2, 0.25) is 0 Å². The minimum Gasteiger partial charge on any atom is -0.0988 e. The van der Waals surface area contributed by atoms with Crippen molar-refractivity contribution >= 4 is 0 Å². The van der Waals surface area contributed by atoms with Gasteiger partial charge in [0.15, 0.2) is 0 Å². The van der Waals surface area contributed by atoms with Gasteiger partial charge in [0.1, 0.15) is 0 Å². The Kier molecular flexibility index (Phi) is 5.64. The summed E-state index contributed by atoms with van der Waals surface area (Å²) in [6.07, 6.45) is 6.54. The van der Waals surface area contributed by atoms with Gasteiger partial charge in [-0.2, -0.15) is 0 Å². The van der Waals surface area contributed by atoms with Gasteiger partial charge in [0, 0.05) is 0 Å². The third kappa shape index (κ3) is 3.09. The molecule has 0 radical (unpaired) electrons. The molecule has 0 heterocycles. The Balaban J connectivity index is 0.000000921. The Bertz CT molecular complexity index is 253. The van der Waals surface area contributed by atoms with Gasteiger partial charge in [-0.1, -0.05) is 59.9 Å². The zero-order valence-electron chi connectivity index (χ0n) is 11.1. The summed E-state index contributed by atoms with van der Waals surface area (Å²) >= 11 is 0. The van der Waals surface area contributed by atoms with Gasteiger partial charge in [-0.25, -0.2) is 0 Å². The lowest BCUT2D eigenvalue weighted by atomic mass is 9.69. The van der Waals surface area contributed by atoms with E-state index in [1.54, 1.807) is 0 Å². The maximum atomic E-state index is 3.91. The molecule has 1 atom stereocenters. The van der Waals surface area contributed by atoms with Crippen LogP contribution < -0.4 is 0 Å². The molecule has 0 saturated heterocycles. The predicted octanol–water partition coefficient (Wildman–Crippen LogP) is 5.14. The zero-order chi connectivity index (χ0) is 12.1. The number of allylic oxidation sites excluding steroid dienone is 4. The van der Waals surface area contributed by atoms with Gasteiger partial charge in [0.25, 0.3) is 0 Å². The molecule has 0 bridgehead atoms. The van der Waals surface area contributed by atoms with Crippen molar-refractivity contribution in [2.45, 2.75) is 47.5 Å². The molecule has 0 nitrogen and oxygen atoms in total. The summed E-state index contributed by atoms with van der Waals surface area (Å²) < 4.78 is 0. The molecule has 0 aromatic rings. The molecular formula is C15H26. The SMILES string of the molecule is C=CC1=C(C=C)C(C)(C)CCC1C.CC. The van der Waals surface area contributed by atoms with E-state index in [1.807, 2.05) is 26.0 Å². The van der Waals surface area contributed by atoms with Crippen LogP contribution in [0.4, 0.5) is 0 Å². The van der Waals surface area contributed by atoms with Crippen molar-refractivity contribution < 1.29 is 0 Å². The van der Waals surface area contributed by atoms with E-state index in [2.05, 4.69) is 33.9 Å². The van der Waals surface area contributed by atoms with Crippen LogP contribution in [0, 0.1) is 11.3 Å². The molecular weight excluding hydrogens is 180 g/mol. The van der Waals surface area contributed by atoms with Crippen LogP contribution in [0.3, 0.4) is 0 Å². The van der Waals surface area contributed by atoms with Crippen LogP contribution in [-0.4, -0.2) is 0 Å². The highest BCUT2D eigenvalue weighted by Crippen LogP contribution is 2.43. The fourth-order valence-electron chi connectivity index (χ4n) is 2.23. The van der Waals surface area contributed by atoms with Crippen molar-refractivity contribution in [3.63, 3.8) is 0 Å². The first-order chi connectivity index (χ1) is 7.03. The molecule has 0 aliphatic heterocycles. The predicted molar refractivity (Wildman–Crippen MR) is 70.9 cm³/mol. The first-order valence-electron chi connectivity index (χ1n) is 6.02. The summed E-state index contributed by atoms with van der Waals surface area (Å²) in [5.74, 6) is 0.651. The smallest absolute Gasteiger partial charge is 0.0101 e. The van der Waals surface area contributed by atoms with Crippen molar-refractivity contribution in [3.8, 4) is 0 Å². The molecule has 1 aliphatic rings. The quantitative estimate of drug-likeness (QED) is 0.587. The van der Waals surface area contributed by atoms with Crippen molar-refractivity contribution in [1.29, 1.82) is 0 Å². The summed E-state index contributed by atoms with van der Waals surface area (Å²) in [7, 11) is 0. The average Bonchev–Trinajstić information content (AvgIpc) is 2.24. The van der Waals surface area contributed by atoms with Gasteiger partial charge in [0.05, 0.1) is 0 Å². The van der Waals surface area contributed by atoms with Gasteiger partial charge < -0.3 is 0 Å². The molecule has 0 spiro atoms. The zero-order valence-corrected chi connectivity index (χ0v) is 11.1. The third-order valence-corrected chi connectivity index (χ3v) is 3.20. The minimum absolute atomic E-state index is 0.289.